The van der Waals surface area contributed by atoms with Gasteiger partial charge in [0, 0.05) is 0 Å². The number of unbranched alkanes of at least 4 members (excludes halogenated alkanes) is 3. The van der Waals surface area contributed by atoms with E-state index in [4.69, 9.17) is 0 Å². The predicted octanol–water partition coefficient (Wildman–Crippen LogP) is 4.69. The Morgan fingerprint density at radius 3 is 2.43 bits per heavy atom. The van der Waals surface area contributed by atoms with Gasteiger partial charge in [-0.15, -0.1) is 0 Å². The van der Waals surface area contributed by atoms with Gasteiger partial charge in [0.1, 0.15) is 0 Å². The van der Waals surface area contributed by atoms with Crippen molar-refractivity contribution >= 4 is 32.7 Å². The number of hydrogen-bond acceptors (Lipinski definition) is 1. The van der Waals surface area contributed by atoms with E-state index < -0.39 is 0 Å². The first-order chi connectivity index (χ1) is 6.85. The van der Waals surface area contributed by atoms with Crippen LogP contribution in [0.2, 0.25) is 4.47 Å². The average molecular weight is 328 g/mol. The van der Waals surface area contributed by atoms with E-state index in [2.05, 4.69) is 25.5 Å². The Balaban J connectivity index is 3.61. The molecule has 0 aliphatic heterocycles. The third kappa shape index (κ3) is 9.44. The van der Waals surface area contributed by atoms with Crippen molar-refractivity contribution in [2.45, 2.75) is 56.8 Å². The second-order valence-corrected chi connectivity index (χ2v) is 7.67. The zero-order valence-corrected chi connectivity index (χ0v) is 13.0. The standard InChI is InChI=1S/C12H24STe/c1-4-6-8-9-12(11-13-3)14-10-7-5-2/h11H,4-10H2,1-3H3. The molecule has 0 radical (unpaired) electrons. The normalized spacial score (nSPS) is 12.1. The van der Waals surface area contributed by atoms with Crippen LogP contribution in [0.4, 0.5) is 0 Å². The summed E-state index contributed by atoms with van der Waals surface area (Å²) < 4.78 is 3.32. The topological polar surface area (TPSA) is 0 Å². The number of allylic oxidation sites excluding steroid dienone is 1. The molecule has 2 heteroatoms. The van der Waals surface area contributed by atoms with E-state index in [0.29, 0.717) is 0 Å². The summed E-state index contributed by atoms with van der Waals surface area (Å²) in [5.74, 6) is 0. The van der Waals surface area contributed by atoms with Crippen molar-refractivity contribution in [2.24, 2.45) is 0 Å². The van der Waals surface area contributed by atoms with Crippen molar-refractivity contribution in [2.75, 3.05) is 6.26 Å². The molecule has 0 N–H and O–H groups in total. The monoisotopic (exact) mass is 330 g/mol. The van der Waals surface area contributed by atoms with Crippen LogP contribution in [0.25, 0.3) is 0 Å². The first kappa shape index (κ1) is 14.9. The van der Waals surface area contributed by atoms with Crippen LogP contribution < -0.4 is 0 Å². The van der Waals surface area contributed by atoms with Crippen LogP contribution in [0.15, 0.2) is 9.03 Å². The van der Waals surface area contributed by atoms with Gasteiger partial charge in [0.2, 0.25) is 0 Å². The van der Waals surface area contributed by atoms with Crippen LogP contribution in [0.5, 0.6) is 0 Å². The molecule has 84 valence electrons. The maximum absolute atomic E-state index is 2.42. The van der Waals surface area contributed by atoms with Crippen LogP contribution in [0.1, 0.15) is 52.4 Å². The molecule has 0 aromatic rings. The van der Waals surface area contributed by atoms with Crippen LogP contribution in [-0.4, -0.2) is 27.2 Å². The second-order valence-electron chi connectivity index (χ2n) is 3.48. The van der Waals surface area contributed by atoms with Crippen LogP contribution in [0.3, 0.4) is 0 Å². The van der Waals surface area contributed by atoms with Gasteiger partial charge in [0.25, 0.3) is 0 Å². The summed E-state index contributed by atoms with van der Waals surface area (Å²) >= 11 is 2.09. The van der Waals surface area contributed by atoms with Gasteiger partial charge in [0.15, 0.2) is 0 Å². The number of rotatable bonds is 9. The minimum atomic E-state index is 0.193. The van der Waals surface area contributed by atoms with E-state index in [1.54, 1.807) is 0 Å². The third-order valence-electron chi connectivity index (χ3n) is 2.06. The van der Waals surface area contributed by atoms with Gasteiger partial charge in [-0.05, 0) is 0 Å². The van der Waals surface area contributed by atoms with Gasteiger partial charge in [0.05, 0.1) is 0 Å². The Bertz CT molecular complexity index is 131. The Morgan fingerprint density at radius 1 is 1.14 bits per heavy atom. The molecule has 0 aliphatic rings. The molecule has 0 saturated carbocycles. The van der Waals surface area contributed by atoms with Crippen molar-refractivity contribution in [1.29, 1.82) is 0 Å². The molecule has 0 spiro atoms. The number of hydrogen-bond donors (Lipinski definition) is 0. The predicted molar refractivity (Wildman–Crippen MR) is 71.2 cm³/mol. The maximum atomic E-state index is 2.42. The van der Waals surface area contributed by atoms with E-state index in [0.717, 1.165) is 0 Å². The third-order valence-corrected chi connectivity index (χ3v) is 6.43. The van der Waals surface area contributed by atoms with Crippen LogP contribution in [-0.2, 0) is 0 Å². The molecule has 0 unspecified atom stereocenters. The molecule has 0 bridgehead atoms. The molecule has 0 saturated heterocycles. The molecule has 0 nitrogen and oxygen atoms in total. The van der Waals surface area contributed by atoms with Crippen molar-refractivity contribution in [3.05, 3.63) is 9.03 Å². The molecule has 0 rings (SSSR count). The van der Waals surface area contributed by atoms with Gasteiger partial charge in [-0.25, -0.2) is 0 Å². The zero-order valence-electron chi connectivity index (χ0n) is 9.84. The number of thioether (sulfide) groups is 1. The molecule has 0 heterocycles. The van der Waals surface area contributed by atoms with Gasteiger partial charge in [-0.1, -0.05) is 0 Å². The Labute approximate surface area is 104 Å². The molecule has 14 heavy (non-hydrogen) atoms. The van der Waals surface area contributed by atoms with Crippen LogP contribution >= 0.6 is 11.8 Å². The van der Waals surface area contributed by atoms with E-state index in [-0.39, 0.29) is 20.9 Å². The minimum absolute atomic E-state index is 0.193. The summed E-state index contributed by atoms with van der Waals surface area (Å²) in [4.78, 5) is 0. The Morgan fingerprint density at radius 2 is 1.86 bits per heavy atom. The van der Waals surface area contributed by atoms with Crippen molar-refractivity contribution in [3.8, 4) is 0 Å². The summed E-state index contributed by atoms with van der Waals surface area (Å²) in [6.45, 7) is 4.58. The first-order valence-electron chi connectivity index (χ1n) is 5.69. The summed E-state index contributed by atoms with van der Waals surface area (Å²) in [6, 6.07) is 0. The van der Waals surface area contributed by atoms with Gasteiger partial charge < -0.3 is 0 Å². The summed E-state index contributed by atoms with van der Waals surface area (Å²) in [5, 5.41) is 2.42. The second kappa shape index (κ2) is 12.0. The fourth-order valence-electron chi connectivity index (χ4n) is 1.19. The van der Waals surface area contributed by atoms with E-state index in [1.807, 2.05) is 15.4 Å². The van der Waals surface area contributed by atoms with Crippen LogP contribution in [0, 0.1) is 0 Å². The zero-order chi connectivity index (χ0) is 10.6. The van der Waals surface area contributed by atoms with Crippen molar-refractivity contribution < 1.29 is 0 Å². The Kier molecular flexibility index (Phi) is 12.7. The van der Waals surface area contributed by atoms with E-state index in [9.17, 15) is 0 Å². The average Bonchev–Trinajstić information content (AvgIpc) is 2.18. The van der Waals surface area contributed by atoms with E-state index >= 15 is 0 Å². The fourth-order valence-corrected chi connectivity index (χ4v) is 5.86. The molecule has 0 fully saturated rings. The summed E-state index contributed by atoms with van der Waals surface area (Å²) in [7, 11) is 0. The molecule has 0 aromatic heterocycles. The van der Waals surface area contributed by atoms with E-state index in [1.165, 1.54) is 43.0 Å². The molecular weight excluding hydrogens is 304 g/mol. The fraction of sp³-hybridized carbons (Fsp3) is 0.833. The molecule has 0 aliphatic carbocycles. The molecule has 0 amide bonds. The Hall–Kier alpha value is 0.880. The van der Waals surface area contributed by atoms with Gasteiger partial charge >= 0.3 is 105 Å². The SMILES string of the molecule is CCCCCC(=CSC)[Te]CCCC. The molecule has 0 aromatic carbocycles. The van der Waals surface area contributed by atoms with Crippen molar-refractivity contribution in [3.63, 3.8) is 0 Å². The first-order valence-corrected chi connectivity index (χ1v) is 9.79. The molecular formula is C12H24STe. The van der Waals surface area contributed by atoms with Crippen molar-refractivity contribution in [1.82, 2.24) is 0 Å². The van der Waals surface area contributed by atoms with Gasteiger partial charge in [-0.2, -0.15) is 0 Å². The molecule has 0 atom stereocenters. The summed E-state index contributed by atoms with van der Waals surface area (Å²) in [5.41, 5.74) is 0. The quantitative estimate of drug-likeness (QED) is 0.437. The van der Waals surface area contributed by atoms with Gasteiger partial charge in [-0.3, -0.25) is 0 Å². The summed E-state index contributed by atoms with van der Waals surface area (Å²) in [6.07, 6.45) is 10.6.